The van der Waals surface area contributed by atoms with Crippen molar-refractivity contribution in [1.29, 1.82) is 0 Å². The smallest absolute Gasteiger partial charge is 0.316 e. The van der Waals surface area contributed by atoms with Gasteiger partial charge in [0.15, 0.2) is 5.82 Å². The van der Waals surface area contributed by atoms with Crippen molar-refractivity contribution in [1.82, 2.24) is 29.3 Å². The molecule has 1 aliphatic heterocycles. The summed E-state index contributed by atoms with van der Waals surface area (Å²) in [4.78, 5) is 50.8. The van der Waals surface area contributed by atoms with Crippen molar-refractivity contribution in [3.63, 3.8) is 0 Å². The van der Waals surface area contributed by atoms with Crippen LogP contribution in [-0.4, -0.2) is 76.6 Å². The number of carbonyl (C=O) groups is 1. The molecule has 0 unspecified atom stereocenters. The Bertz CT molecular complexity index is 1560. The number of fused-ring (bicyclic) bond motifs is 1. The fourth-order valence-electron chi connectivity index (χ4n) is 5.19. The summed E-state index contributed by atoms with van der Waals surface area (Å²) in [6, 6.07) is 5.17. The minimum atomic E-state index is -2.78. The maximum absolute atomic E-state index is 14.4. The fourth-order valence-corrected chi connectivity index (χ4v) is 5.32. The second-order valence-electron chi connectivity index (χ2n) is 11.1. The van der Waals surface area contributed by atoms with Crippen molar-refractivity contribution in [2.45, 2.75) is 45.7 Å². The number of hydrogen-bond acceptors (Lipinski definition) is 8. The predicted molar refractivity (Wildman–Crippen MR) is 160 cm³/mol. The zero-order chi connectivity index (χ0) is 30.8. The number of nitrogens with one attached hydrogen (secondary N) is 2. The Hall–Kier alpha value is -3.58. The van der Waals surface area contributed by atoms with Gasteiger partial charge in [-0.25, -0.2) is 13.8 Å². The number of aromatic nitrogens is 4. The number of hydrogen-bond donors (Lipinski definition) is 2. The summed E-state index contributed by atoms with van der Waals surface area (Å²) in [7, 11) is 5.37. The number of alkyl halides is 2. The highest BCUT2D eigenvalue weighted by molar-refractivity contribution is 6.32. The zero-order valence-electron chi connectivity index (χ0n) is 24.5. The van der Waals surface area contributed by atoms with Crippen LogP contribution >= 0.6 is 11.6 Å². The van der Waals surface area contributed by atoms with Gasteiger partial charge < -0.3 is 29.6 Å². The van der Waals surface area contributed by atoms with Crippen molar-refractivity contribution in [3.05, 3.63) is 50.1 Å². The summed E-state index contributed by atoms with van der Waals surface area (Å²) >= 11 is 6.42. The Morgan fingerprint density at radius 3 is 2.36 bits per heavy atom. The largest absolute Gasteiger partial charge is 0.359 e. The van der Waals surface area contributed by atoms with Gasteiger partial charge in [0.05, 0.1) is 17.2 Å². The monoisotopic (exact) mass is 606 g/mol. The van der Waals surface area contributed by atoms with Gasteiger partial charge in [-0.1, -0.05) is 25.4 Å². The molecule has 1 amide bonds. The number of piperidine rings is 1. The molecule has 2 aromatic heterocycles. The highest BCUT2D eigenvalue weighted by atomic mass is 35.5. The van der Waals surface area contributed by atoms with E-state index < -0.39 is 28.9 Å². The summed E-state index contributed by atoms with van der Waals surface area (Å²) in [5.74, 6) is -4.26. The van der Waals surface area contributed by atoms with Crippen LogP contribution in [0.15, 0.2) is 34.0 Å². The average molecular weight is 607 g/mol. The maximum Gasteiger partial charge on any atom is 0.316 e. The second kappa shape index (κ2) is 12.7. The van der Waals surface area contributed by atoms with E-state index in [-0.39, 0.29) is 48.8 Å². The zero-order valence-corrected chi connectivity index (χ0v) is 25.2. The highest BCUT2D eigenvalue weighted by Gasteiger charge is 2.47. The molecule has 2 N–H and O–H groups in total. The molecule has 1 saturated heterocycles. The SMILES string of the molecule is CNC(=O)CCn1c(=O)c(=O)n(CCCN(C)C)c2ccc(Nc3nc(N4C[C@@H](C)C(F)(F)[C@@H](C)C4)ncc3Cl)cc21. The molecule has 0 saturated carbocycles. The van der Waals surface area contributed by atoms with E-state index in [9.17, 15) is 23.2 Å². The van der Waals surface area contributed by atoms with Crippen LogP contribution in [0.5, 0.6) is 0 Å². The minimum Gasteiger partial charge on any atom is -0.359 e. The molecule has 0 bridgehead atoms. The van der Waals surface area contributed by atoms with E-state index in [0.29, 0.717) is 29.7 Å². The first kappa shape index (κ1) is 31.4. The fraction of sp³-hybridized carbons (Fsp3) is 0.536. The lowest BCUT2D eigenvalue weighted by molar-refractivity contribution is -0.120. The maximum atomic E-state index is 14.4. The van der Waals surface area contributed by atoms with E-state index in [0.717, 1.165) is 6.54 Å². The van der Waals surface area contributed by atoms with Gasteiger partial charge in [-0.3, -0.25) is 14.4 Å². The first-order valence-electron chi connectivity index (χ1n) is 13.9. The molecule has 42 heavy (non-hydrogen) atoms. The summed E-state index contributed by atoms with van der Waals surface area (Å²) in [5.41, 5.74) is 0.156. The van der Waals surface area contributed by atoms with E-state index in [4.69, 9.17) is 11.6 Å². The van der Waals surface area contributed by atoms with E-state index in [2.05, 4.69) is 20.6 Å². The molecular formula is C28H37ClF2N8O3. The van der Waals surface area contributed by atoms with Gasteiger partial charge >= 0.3 is 11.1 Å². The van der Waals surface area contributed by atoms with E-state index >= 15 is 0 Å². The van der Waals surface area contributed by atoms with Gasteiger partial charge in [-0.05, 0) is 45.3 Å². The minimum absolute atomic E-state index is 0.0140. The summed E-state index contributed by atoms with van der Waals surface area (Å²) in [6.07, 6.45) is 2.08. The normalized spacial score (nSPS) is 18.5. The van der Waals surface area contributed by atoms with Crippen LogP contribution in [0.2, 0.25) is 5.02 Å². The highest BCUT2D eigenvalue weighted by Crippen LogP contribution is 2.39. The van der Waals surface area contributed by atoms with Crippen molar-refractivity contribution < 1.29 is 13.6 Å². The number of aryl methyl sites for hydroxylation is 2. The molecule has 228 valence electrons. The average Bonchev–Trinajstić information content (AvgIpc) is 2.94. The summed E-state index contributed by atoms with van der Waals surface area (Å²) in [6.45, 7) is 4.30. The van der Waals surface area contributed by atoms with Gasteiger partial charge in [0.1, 0.15) is 5.02 Å². The molecule has 2 atom stereocenters. The third-order valence-corrected chi connectivity index (χ3v) is 7.91. The van der Waals surface area contributed by atoms with Crippen LogP contribution in [0.4, 0.5) is 26.2 Å². The van der Waals surface area contributed by atoms with Crippen molar-refractivity contribution in [2.24, 2.45) is 11.8 Å². The van der Waals surface area contributed by atoms with Crippen LogP contribution in [0.1, 0.15) is 26.7 Å². The molecule has 3 heterocycles. The van der Waals surface area contributed by atoms with Gasteiger partial charge in [0, 0.05) is 57.2 Å². The second-order valence-corrected chi connectivity index (χ2v) is 11.5. The molecule has 3 aromatic rings. The Balaban J connectivity index is 1.72. The molecule has 4 rings (SSSR count). The van der Waals surface area contributed by atoms with E-state index in [1.54, 1.807) is 23.1 Å². The van der Waals surface area contributed by atoms with Crippen LogP contribution < -0.4 is 26.7 Å². The molecule has 14 heteroatoms. The molecule has 1 aromatic carbocycles. The number of amides is 1. The van der Waals surface area contributed by atoms with Crippen molar-refractivity contribution >= 4 is 46.0 Å². The number of benzene rings is 1. The number of nitrogens with zero attached hydrogens (tertiary/aromatic N) is 6. The summed E-state index contributed by atoms with van der Waals surface area (Å²) < 4.78 is 31.6. The number of rotatable bonds is 10. The first-order chi connectivity index (χ1) is 19.8. The van der Waals surface area contributed by atoms with Crippen LogP contribution in [-0.2, 0) is 17.9 Å². The predicted octanol–water partition coefficient (Wildman–Crippen LogP) is 3.17. The molecular weight excluding hydrogens is 570 g/mol. The lowest BCUT2D eigenvalue weighted by atomic mass is 9.87. The Kier molecular flexibility index (Phi) is 9.51. The first-order valence-corrected chi connectivity index (χ1v) is 14.3. The van der Waals surface area contributed by atoms with Gasteiger partial charge in [0.25, 0.3) is 5.92 Å². The molecule has 1 fully saturated rings. The van der Waals surface area contributed by atoms with Crippen molar-refractivity contribution in [3.8, 4) is 0 Å². The Morgan fingerprint density at radius 1 is 1.10 bits per heavy atom. The van der Waals surface area contributed by atoms with Gasteiger partial charge in [-0.15, -0.1) is 0 Å². The third-order valence-electron chi connectivity index (χ3n) is 7.64. The molecule has 0 spiro atoms. The number of anilines is 3. The Labute approximate surface area is 247 Å². The Morgan fingerprint density at radius 2 is 1.74 bits per heavy atom. The quantitative estimate of drug-likeness (QED) is 0.338. The van der Waals surface area contributed by atoms with Gasteiger partial charge in [0.2, 0.25) is 11.9 Å². The van der Waals surface area contributed by atoms with Crippen molar-refractivity contribution in [2.75, 3.05) is 51.0 Å². The van der Waals surface area contributed by atoms with Gasteiger partial charge in [-0.2, -0.15) is 4.98 Å². The van der Waals surface area contributed by atoms with E-state index in [1.807, 2.05) is 19.0 Å². The van der Waals surface area contributed by atoms with Crippen LogP contribution in [0, 0.1) is 11.8 Å². The number of halogens is 3. The number of carbonyl (C=O) groups excluding carboxylic acids is 1. The summed E-state index contributed by atoms with van der Waals surface area (Å²) in [5, 5.41) is 5.90. The lowest BCUT2D eigenvalue weighted by Gasteiger charge is -2.41. The molecule has 0 aliphatic carbocycles. The van der Waals surface area contributed by atoms with Crippen LogP contribution in [0.25, 0.3) is 11.0 Å². The van der Waals surface area contributed by atoms with E-state index in [1.165, 1.54) is 36.2 Å². The molecule has 0 radical (unpaired) electrons. The lowest BCUT2D eigenvalue weighted by Crippen LogP contribution is -2.52. The molecule has 1 aliphatic rings. The topological polar surface area (TPSA) is 117 Å². The molecule has 11 nitrogen and oxygen atoms in total. The third kappa shape index (κ3) is 6.57. The standard InChI is InChI=1S/C28H37ClF2N8O3/c1-17-15-37(16-18(2)28(17,30)31)27-33-14-20(29)24(35-27)34-19-7-8-21-22(13-19)39(12-9-23(40)32-3)26(42)25(41)38(21)11-6-10-36(4)5/h7-8,13-14,17-18H,6,9-12,15-16H2,1-5H3,(H,32,40)(H,33,34,35)/t17-,18+. The van der Waals surface area contributed by atoms with Crippen LogP contribution in [0.3, 0.4) is 0 Å².